The van der Waals surface area contributed by atoms with E-state index in [1.54, 1.807) is 99.6 Å². The van der Waals surface area contributed by atoms with Crippen molar-refractivity contribution < 1.29 is 82.1 Å². The van der Waals surface area contributed by atoms with Crippen molar-refractivity contribution in [3.63, 3.8) is 0 Å². The number of carboxylic acid groups (broad SMARTS) is 1. The summed E-state index contributed by atoms with van der Waals surface area (Å²) in [6.07, 6.45) is 2.19. The number of aliphatic hydroxyl groups excluding tert-OH is 1. The number of amides is 14. The molecule has 17 atom stereocenters. The van der Waals surface area contributed by atoms with Crippen LogP contribution in [0.5, 0.6) is 0 Å². The fourth-order valence-electron chi connectivity index (χ4n) is 11.9. The van der Waals surface area contributed by atoms with Gasteiger partial charge < -0.3 is 95.4 Å². The second-order valence-corrected chi connectivity index (χ2v) is 32.4. The number of aromatic amines is 1. The second kappa shape index (κ2) is 48.3. The van der Waals surface area contributed by atoms with Crippen LogP contribution in [0.3, 0.4) is 0 Å². The van der Waals surface area contributed by atoms with Gasteiger partial charge in [0.25, 0.3) is 0 Å². The van der Waals surface area contributed by atoms with Crippen LogP contribution in [0.15, 0.2) is 42.9 Å². The fraction of sp³-hybridized carbons (Fsp3) is 0.692. The lowest BCUT2D eigenvalue weighted by Crippen LogP contribution is -2.62. The molecule has 112 heavy (non-hydrogen) atoms. The molecule has 0 spiro atoms. The molecule has 0 fully saturated rings. The number of nitrogens with zero attached hydrogens (tertiary/aromatic N) is 1. The van der Waals surface area contributed by atoms with E-state index in [2.05, 4.69) is 84.4 Å². The summed E-state index contributed by atoms with van der Waals surface area (Å²) >= 11 is 0. The van der Waals surface area contributed by atoms with Gasteiger partial charge in [-0.1, -0.05) is 148 Å². The van der Waals surface area contributed by atoms with Gasteiger partial charge >= 0.3 is 5.97 Å². The van der Waals surface area contributed by atoms with Gasteiger partial charge in [0.1, 0.15) is 84.6 Å². The van der Waals surface area contributed by atoms with E-state index in [4.69, 9.17) is 5.73 Å². The Morgan fingerprint density at radius 2 is 0.661 bits per heavy atom. The molecular weight excluding hydrogens is 1450 g/mol. The summed E-state index contributed by atoms with van der Waals surface area (Å²) in [5.74, 6) is -14.3. The standard InChI is InChI=1S/C78H131N17O17/c1-22-45(16)62(94-77(110)63(50(21)96)95-68(101)53(79)28-38(2)3)76(109)91-58(33-43(12)13)74(107)93-61(44(14)15)75(108)85-49(20)66(99)86-54(29-39(4)5)69(102)84-48(19)65(98)87-56(31-41(8)9)71(104)90-59(34-51-26-24-23-25-27-51)73(106)89-57(32-42(10)11)72(105)88-55(30-40(6)7)70(103)83-46(17)64(97)82-47(18)67(100)92-60(78(111)112)35-52-36-80-37-81-52/h23-27,36-50,53-63,96H,22,28-35,79H2,1-21H3,(H,80,81)(H,82,97)(H,83,103)(H,84,102)(H,85,108)(H,86,99)(H,87,98)(H,88,105)(H,89,106)(H,90,104)(H,91,109)(H,92,100)(H,93,107)(H,94,110)(H,95,101)(H,111,112)/t45-,46-,47-,48-,49-,50+,53-,54-,55-,56-,57-,58-,59-,60-,61-,62-,63-/m0/s1. The Labute approximate surface area is 659 Å². The zero-order chi connectivity index (χ0) is 85.3. The minimum atomic E-state index is -1.48. The zero-order valence-electron chi connectivity index (χ0n) is 69.3. The van der Waals surface area contributed by atoms with E-state index in [0.29, 0.717) is 24.1 Å². The van der Waals surface area contributed by atoms with Gasteiger partial charge in [0.15, 0.2) is 0 Å². The van der Waals surface area contributed by atoms with Gasteiger partial charge in [0, 0.05) is 24.7 Å². The maximum Gasteiger partial charge on any atom is 0.326 e. The molecule has 0 bridgehead atoms. The third kappa shape index (κ3) is 35.4. The lowest BCUT2D eigenvalue weighted by molar-refractivity contribution is -0.142. The number of aromatic nitrogens is 2. The van der Waals surface area contributed by atoms with Crippen molar-refractivity contribution in [1.29, 1.82) is 0 Å². The number of aliphatic carboxylic acids is 1. The van der Waals surface area contributed by atoms with Gasteiger partial charge in [-0.3, -0.25) is 67.1 Å². The highest BCUT2D eigenvalue weighted by Crippen LogP contribution is 2.17. The Morgan fingerprint density at radius 3 is 1.03 bits per heavy atom. The van der Waals surface area contributed by atoms with Crippen molar-refractivity contribution in [2.24, 2.45) is 53.1 Å². The summed E-state index contributed by atoms with van der Waals surface area (Å²) in [5.41, 5.74) is 7.11. The molecule has 0 saturated heterocycles. The van der Waals surface area contributed by atoms with Crippen LogP contribution < -0.4 is 80.2 Å². The number of nitrogens with one attached hydrogen (secondary N) is 15. The predicted octanol–water partition coefficient (Wildman–Crippen LogP) is 0.833. The Bertz CT molecular complexity index is 3420. The van der Waals surface area contributed by atoms with Gasteiger partial charge in [-0.25, -0.2) is 9.78 Å². The quantitative estimate of drug-likeness (QED) is 0.0436. The highest BCUT2D eigenvalue weighted by atomic mass is 16.4. The van der Waals surface area contributed by atoms with Gasteiger partial charge in [0.05, 0.1) is 18.5 Å². The summed E-state index contributed by atoms with van der Waals surface area (Å²) in [6, 6.07) is -10.5. The lowest BCUT2D eigenvalue weighted by atomic mass is 9.95. The van der Waals surface area contributed by atoms with Gasteiger partial charge in [-0.15, -0.1) is 0 Å². The highest BCUT2D eigenvalue weighted by molar-refractivity contribution is 6.00. The molecule has 0 aliphatic rings. The maximum absolute atomic E-state index is 14.7. The third-order valence-electron chi connectivity index (χ3n) is 18.4. The van der Waals surface area contributed by atoms with Crippen molar-refractivity contribution in [1.82, 2.24) is 84.4 Å². The minimum Gasteiger partial charge on any atom is -0.480 e. The van der Waals surface area contributed by atoms with Crippen LogP contribution in [0.4, 0.5) is 0 Å². The van der Waals surface area contributed by atoms with E-state index in [0.717, 1.165) is 0 Å². The molecule has 14 amide bonds. The van der Waals surface area contributed by atoms with Crippen molar-refractivity contribution in [2.75, 3.05) is 0 Å². The number of rotatable bonds is 49. The van der Waals surface area contributed by atoms with Gasteiger partial charge in [0.2, 0.25) is 82.7 Å². The predicted molar refractivity (Wildman–Crippen MR) is 420 cm³/mol. The number of benzene rings is 1. The van der Waals surface area contributed by atoms with Gasteiger partial charge in [-0.05, 0) is 126 Å². The largest absolute Gasteiger partial charge is 0.480 e. The summed E-state index contributed by atoms with van der Waals surface area (Å²) in [4.78, 5) is 214. The van der Waals surface area contributed by atoms with E-state index in [1.807, 2.05) is 41.5 Å². The number of aliphatic hydroxyl groups is 1. The molecule has 0 unspecified atom stereocenters. The van der Waals surface area contributed by atoms with Crippen LogP contribution in [0, 0.1) is 47.3 Å². The number of hydrogen-bond acceptors (Lipinski definition) is 18. The molecule has 0 radical (unpaired) electrons. The Hall–Kier alpha value is -9.60. The number of imidazole rings is 1. The first kappa shape index (κ1) is 98.5. The molecule has 0 saturated carbocycles. The first-order chi connectivity index (χ1) is 52.2. The second-order valence-electron chi connectivity index (χ2n) is 32.4. The van der Waals surface area contributed by atoms with Crippen LogP contribution >= 0.6 is 0 Å². The van der Waals surface area contributed by atoms with Crippen LogP contribution in [-0.2, 0) is 84.8 Å². The fourth-order valence-corrected chi connectivity index (χ4v) is 11.9. The van der Waals surface area contributed by atoms with Gasteiger partial charge in [-0.2, -0.15) is 0 Å². The number of hydrogen-bond donors (Lipinski definition) is 18. The highest BCUT2D eigenvalue weighted by Gasteiger charge is 2.39. The average Bonchev–Trinajstić information content (AvgIpc) is 1.41. The Morgan fingerprint density at radius 1 is 0.357 bits per heavy atom. The molecule has 2 rings (SSSR count). The maximum atomic E-state index is 14.7. The number of carboxylic acids is 1. The van der Waals surface area contributed by atoms with E-state index in [9.17, 15) is 82.1 Å². The van der Waals surface area contributed by atoms with Crippen molar-refractivity contribution in [3.05, 3.63) is 54.1 Å². The summed E-state index contributed by atoms with van der Waals surface area (Å²) < 4.78 is 0. The van der Waals surface area contributed by atoms with E-state index in [-0.39, 0.29) is 80.5 Å². The number of nitrogens with two attached hydrogens (primary N) is 1. The molecule has 1 aromatic carbocycles. The molecule has 0 aliphatic carbocycles. The lowest BCUT2D eigenvalue weighted by Gasteiger charge is -2.31. The molecule has 2 aromatic rings. The normalized spacial score (nSPS) is 16.1. The molecule has 19 N–H and O–H groups in total. The Balaban J connectivity index is 2.33. The molecule has 1 aromatic heterocycles. The summed E-state index contributed by atoms with van der Waals surface area (Å²) in [6.45, 7) is 35.3. The molecule has 0 aliphatic heterocycles. The molecule has 34 heteroatoms. The monoisotopic (exact) mass is 1580 g/mol. The Kier molecular flexibility index (Phi) is 42.5. The van der Waals surface area contributed by atoms with E-state index in [1.165, 1.54) is 47.1 Å². The number of carbonyl (C=O) groups is 15. The first-order valence-electron chi connectivity index (χ1n) is 39.1. The molecule has 630 valence electrons. The van der Waals surface area contributed by atoms with Crippen LogP contribution in [0.25, 0.3) is 0 Å². The van der Waals surface area contributed by atoms with E-state index < -0.39 is 197 Å². The number of H-pyrrole nitrogens is 1. The molecule has 1 heterocycles. The molecule has 34 nitrogen and oxygen atoms in total. The smallest absolute Gasteiger partial charge is 0.326 e. The van der Waals surface area contributed by atoms with Crippen molar-refractivity contribution in [2.45, 2.75) is 300 Å². The zero-order valence-corrected chi connectivity index (χ0v) is 69.3. The van der Waals surface area contributed by atoms with Crippen molar-refractivity contribution in [3.8, 4) is 0 Å². The SMILES string of the molecule is CC[C@H](C)[C@H](NC(=O)[C@@H](NC(=O)[C@@H](N)CC(C)C)[C@@H](C)O)C(=O)N[C@@H](CC(C)C)C(=O)N[C@H](C(=O)N[C@@H](C)C(=O)N[C@@H](CC(C)C)C(=O)N[C@@H](C)C(=O)N[C@@H](CC(C)C)C(=O)N[C@@H](Cc1ccccc1)C(=O)N[C@@H](CC(C)C)C(=O)N[C@@H](CC(C)C)C(=O)N[C@@H](C)C(=O)N[C@@H](C)C(=O)N[C@@H](Cc1cnc[nH]1)C(=O)O)C(C)C. The van der Waals surface area contributed by atoms with Crippen molar-refractivity contribution >= 4 is 88.7 Å². The third-order valence-corrected chi connectivity index (χ3v) is 18.4. The van der Waals surface area contributed by atoms with Crippen LogP contribution in [0.2, 0.25) is 0 Å². The molecular formula is C78H131N17O17. The van der Waals surface area contributed by atoms with E-state index >= 15 is 0 Å². The van der Waals surface area contributed by atoms with Crippen LogP contribution in [-0.4, -0.2) is 206 Å². The topological polar surface area (TPSA) is 520 Å². The minimum absolute atomic E-state index is 0.0443. The summed E-state index contributed by atoms with van der Waals surface area (Å²) in [7, 11) is 0. The number of carbonyl (C=O) groups excluding carboxylic acids is 14. The summed E-state index contributed by atoms with van der Waals surface area (Å²) in [5, 5.41) is 57.3. The van der Waals surface area contributed by atoms with Crippen LogP contribution in [0.1, 0.15) is 202 Å². The first-order valence-corrected chi connectivity index (χ1v) is 39.1. The average molecular weight is 1580 g/mol.